The first-order valence-corrected chi connectivity index (χ1v) is 4.75. The molecular weight excluding hydrogens is 222 g/mol. The van der Waals surface area contributed by atoms with E-state index in [0.29, 0.717) is 19.6 Å². The van der Waals surface area contributed by atoms with E-state index in [2.05, 4.69) is 5.32 Å². The second-order valence-electron chi connectivity index (χ2n) is 2.67. The predicted molar refractivity (Wildman–Crippen MR) is 49.5 cm³/mol. The third kappa shape index (κ3) is 3.64. The molecule has 6 heteroatoms. The minimum Gasteiger partial charge on any atom is -0.359 e. The second kappa shape index (κ2) is 4.31. The van der Waals surface area contributed by atoms with Crippen molar-refractivity contribution in [1.82, 2.24) is 11.1 Å². The molecule has 0 aliphatic carbocycles. The molecule has 0 saturated carbocycles. The molecule has 3 nitrogen and oxygen atoms in total. The molecule has 0 bridgehead atoms. The Morgan fingerprint density at radius 2 is 2.17 bits per heavy atom. The van der Waals surface area contributed by atoms with E-state index in [4.69, 9.17) is 45.3 Å². The molecule has 12 heavy (non-hydrogen) atoms. The topological polar surface area (TPSA) is 45.1 Å². The molecule has 0 aromatic rings. The van der Waals surface area contributed by atoms with Crippen molar-refractivity contribution in [3.05, 3.63) is 0 Å². The monoisotopic (exact) mass is 231 g/mol. The lowest BCUT2D eigenvalue weighted by Crippen LogP contribution is -2.50. The summed E-state index contributed by atoms with van der Waals surface area (Å²) in [6.07, 6.45) is -0.333. The number of hydrogen-bond acceptors (Lipinski definition) is 2. The largest absolute Gasteiger partial charge is 0.359 e. The van der Waals surface area contributed by atoms with Gasteiger partial charge < -0.3 is 10.1 Å². The summed E-state index contributed by atoms with van der Waals surface area (Å²) in [5.41, 5.74) is 7.45. The number of nitrogens with one attached hydrogen (secondary N) is 2. The van der Waals surface area contributed by atoms with E-state index in [-0.39, 0.29) is 6.04 Å². The molecule has 1 rings (SSSR count). The first-order valence-electron chi connectivity index (χ1n) is 3.62. The molecule has 2 unspecified atom stereocenters. The van der Waals surface area contributed by atoms with E-state index in [1.165, 1.54) is 0 Å². The molecule has 1 aliphatic heterocycles. The highest BCUT2D eigenvalue weighted by Gasteiger charge is 2.31. The van der Waals surface area contributed by atoms with Gasteiger partial charge >= 0.3 is 0 Å². The molecule has 1 aliphatic rings. The molecule has 1 radical (unpaired) electrons. The number of halogens is 3. The van der Waals surface area contributed by atoms with E-state index >= 15 is 0 Å². The maximum atomic E-state index is 7.45. The fourth-order valence-corrected chi connectivity index (χ4v) is 1.58. The lowest BCUT2D eigenvalue weighted by atomic mass is 10.2. The number of alkyl halides is 3. The fourth-order valence-electron chi connectivity index (χ4n) is 1.08. The van der Waals surface area contributed by atoms with Crippen LogP contribution in [0.1, 0.15) is 6.42 Å². The maximum absolute atomic E-state index is 7.45. The minimum absolute atomic E-state index is 0.189. The lowest BCUT2D eigenvalue weighted by molar-refractivity contribution is -0.00631. The first kappa shape index (κ1) is 10.8. The zero-order valence-corrected chi connectivity index (χ0v) is 8.59. The number of hydrogen-bond donors (Lipinski definition) is 1. The summed E-state index contributed by atoms with van der Waals surface area (Å²) in [7, 11) is 0. The van der Waals surface area contributed by atoms with Gasteiger partial charge in [0, 0.05) is 13.0 Å². The molecule has 0 aromatic heterocycles. The van der Waals surface area contributed by atoms with Crippen LogP contribution in [0.4, 0.5) is 0 Å². The molecule has 0 amide bonds. The van der Waals surface area contributed by atoms with Gasteiger partial charge in [-0.3, -0.25) is 0 Å². The Hall–Kier alpha value is 0.750. The molecule has 0 spiro atoms. The first-order chi connectivity index (χ1) is 5.49. The van der Waals surface area contributed by atoms with Crippen molar-refractivity contribution in [2.75, 3.05) is 13.2 Å². The Morgan fingerprint density at radius 1 is 1.50 bits per heavy atom. The summed E-state index contributed by atoms with van der Waals surface area (Å²) >= 11 is 16.8. The second-order valence-corrected chi connectivity index (χ2v) is 5.19. The molecule has 1 fully saturated rings. The third-order valence-electron chi connectivity index (χ3n) is 1.62. The summed E-state index contributed by atoms with van der Waals surface area (Å²) in [4.78, 5) is 0. The summed E-state index contributed by atoms with van der Waals surface area (Å²) < 4.78 is 3.76. The van der Waals surface area contributed by atoms with Crippen LogP contribution in [0.3, 0.4) is 0 Å². The molecule has 2 atom stereocenters. The van der Waals surface area contributed by atoms with E-state index in [0.717, 1.165) is 0 Å². The van der Waals surface area contributed by atoms with Crippen molar-refractivity contribution >= 4 is 34.8 Å². The van der Waals surface area contributed by atoms with E-state index < -0.39 is 10.0 Å². The van der Waals surface area contributed by atoms with Gasteiger partial charge in [-0.05, 0) is 0 Å². The minimum atomic E-state index is -1.31. The van der Waals surface area contributed by atoms with Gasteiger partial charge in [-0.2, -0.15) is 0 Å². The normalized spacial score (nSPS) is 32.0. The zero-order chi connectivity index (χ0) is 9.19. The highest BCUT2D eigenvalue weighted by molar-refractivity contribution is 6.67. The van der Waals surface area contributed by atoms with Crippen LogP contribution in [0.15, 0.2) is 0 Å². The van der Waals surface area contributed by atoms with Gasteiger partial charge in [0.15, 0.2) is 3.79 Å². The van der Waals surface area contributed by atoms with Crippen LogP contribution in [0, 0.1) is 0 Å². The van der Waals surface area contributed by atoms with Crippen molar-refractivity contribution in [1.29, 1.82) is 0 Å². The van der Waals surface area contributed by atoms with Crippen LogP contribution in [-0.2, 0) is 4.74 Å². The highest BCUT2D eigenvalue weighted by Crippen LogP contribution is 2.32. The van der Waals surface area contributed by atoms with Crippen LogP contribution in [0.2, 0.25) is 0 Å². The van der Waals surface area contributed by atoms with Gasteiger partial charge in [0.25, 0.3) is 0 Å². The fraction of sp³-hybridized carbons (Fsp3) is 1.00. The van der Waals surface area contributed by atoms with Gasteiger partial charge in [-0.25, -0.2) is 5.73 Å². The summed E-state index contributed by atoms with van der Waals surface area (Å²) in [5.74, 6) is 0. The molecular formula is C6H10Cl3N2O. The average Bonchev–Trinajstić information content (AvgIpc) is 1.91. The van der Waals surface area contributed by atoms with Crippen molar-refractivity contribution < 1.29 is 4.74 Å². The van der Waals surface area contributed by atoms with Gasteiger partial charge in [0.1, 0.15) is 6.23 Å². The Morgan fingerprint density at radius 3 is 2.67 bits per heavy atom. The van der Waals surface area contributed by atoms with Crippen LogP contribution >= 0.6 is 34.8 Å². The SMILES string of the molecule is [NH]C1OCCNC1CC(Cl)(Cl)Cl. The zero-order valence-electron chi connectivity index (χ0n) is 6.32. The van der Waals surface area contributed by atoms with Crippen molar-refractivity contribution in [3.63, 3.8) is 0 Å². The number of morpholine rings is 1. The summed E-state index contributed by atoms with van der Waals surface area (Å²) in [6.45, 7) is 1.26. The van der Waals surface area contributed by atoms with Gasteiger partial charge in [-0.1, -0.05) is 34.8 Å². The molecule has 71 valence electrons. The van der Waals surface area contributed by atoms with Crippen LogP contribution in [0.5, 0.6) is 0 Å². The summed E-state index contributed by atoms with van der Waals surface area (Å²) in [6, 6.07) is -0.189. The highest BCUT2D eigenvalue weighted by atomic mass is 35.6. The van der Waals surface area contributed by atoms with Gasteiger partial charge in [0.2, 0.25) is 0 Å². The van der Waals surface area contributed by atoms with Crippen molar-refractivity contribution in [3.8, 4) is 0 Å². The molecule has 1 saturated heterocycles. The third-order valence-corrected chi connectivity index (χ3v) is 2.09. The van der Waals surface area contributed by atoms with E-state index in [1.807, 2.05) is 0 Å². The van der Waals surface area contributed by atoms with Crippen LogP contribution in [-0.4, -0.2) is 29.2 Å². The van der Waals surface area contributed by atoms with Gasteiger partial charge in [-0.15, -0.1) is 0 Å². The predicted octanol–water partition coefficient (Wildman–Crippen LogP) is 1.34. The average molecular weight is 233 g/mol. The molecule has 0 aromatic carbocycles. The van der Waals surface area contributed by atoms with Crippen molar-refractivity contribution in [2.45, 2.75) is 22.5 Å². The van der Waals surface area contributed by atoms with E-state index in [9.17, 15) is 0 Å². The van der Waals surface area contributed by atoms with Gasteiger partial charge in [0.05, 0.1) is 12.6 Å². The summed E-state index contributed by atoms with van der Waals surface area (Å²) in [5, 5.41) is 3.06. The Balaban J connectivity index is 2.39. The molecule has 2 N–H and O–H groups in total. The van der Waals surface area contributed by atoms with Crippen LogP contribution in [0.25, 0.3) is 0 Å². The van der Waals surface area contributed by atoms with Crippen molar-refractivity contribution in [2.24, 2.45) is 0 Å². The Bertz CT molecular complexity index is 150. The standard InChI is InChI=1S/C6H10Cl3N2O/c7-6(8,9)3-4-5(10)12-2-1-11-4/h4-5,10-11H,1-3H2. The number of rotatable bonds is 1. The lowest BCUT2D eigenvalue weighted by Gasteiger charge is -2.31. The Labute approximate surface area is 86.5 Å². The molecule has 1 heterocycles. The van der Waals surface area contributed by atoms with Crippen LogP contribution < -0.4 is 11.1 Å². The maximum Gasteiger partial charge on any atom is 0.192 e. The number of ether oxygens (including phenoxy) is 1. The quantitative estimate of drug-likeness (QED) is 0.694. The smallest absolute Gasteiger partial charge is 0.192 e. The van der Waals surface area contributed by atoms with E-state index in [1.54, 1.807) is 0 Å². The Kier molecular flexibility index (Phi) is 3.89.